The SMILES string of the molecule is CS(=O)(=O)c1ccc(-c2ccccc2)c(C(=O)N2CCN(c3cc(Cl)c(OCCCCBr)c(Cl)c3)CC2)c1. The molecular weight excluding hydrogens is 611 g/mol. The van der Waals surface area contributed by atoms with E-state index in [1.165, 1.54) is 6.07 Å². The Hall–Kier alpha value is -2.26. The number of anilines is 1. The molecule has 0 aliphatic carbocycles. The van der Waals surface area contributed by atoms with Gasteiger partial charge in [0, 0.05) is 49.0 Å². The molecule has 202 valence electrons. The summed E-state index contributed by atoms with van der Waals surface area (Å²) in [6, 6.07) is 17.9. The standard InChI is InChI=1S/C28H29BrCl2N2O4S/c1-38(35,36)22-9-10-23(20-7-3-2-4-8-20)24(19-22)28(34)33-14-12-32(13-15-33)21-17-25(30)27(26(31)18-21)37-16-6-5-11-29/h2-4,7-10,17-19H,5-6,11-16H2,1H3. The highest BCUT2D eigenvalue weighted by molar-refractivity contribution is 9.09. The number of ether oxygens (including phenoxy) is 1. The average Bonchev–Trinajstić information content (AvgIpc) is 2.91. The van der Waals surface area contributed by atoms with Crippen LogP contribution < -0.4 is 9.64 Å². The van der Waals surface area contributed by atoms with Gasteiger partial charge in [-0.1, -0.05) is 75.5 Å². The number of carbonyl (C=O) groups excluding carboxylic acids is 1. The van der Waals surface area contributed by atoms with Gasteiger partial charge in [0.1, 0.15) is 0 Å². The van der Waals surface area contributed by atoms with Crippen molar-refractivity contribution in [3.63, 3.8) is 0 Å². The van der Waals surface area contributed by atoms with Gasteiger partial charge >= 0.3 is 0 Å². The van der Waals surface area contributed by atoms with Crippen LogP contribution in [0.2, 0.25) is 10.0 Å². The molecule has 6 nitrogen and oxygen atoms in total. The maximum atomic E-state index is 13.7. The molecule has 0 aromatic heterocycles. The van der Waals surface area contributed by atoms with Crippen LogP contribution in [0.3, 0.4) is 0 Å². The molecule has 3 aromatic rings. The number of nitrogens with zero attached hydrogens (tertiary/aromatic N) is 2. The van der Waals surface area contributed by atoms with Gasteiger partial charge in [-0.2, -0.15) is 0 Å². The third-order valence-corrected chi connectivity index (χ3v) is 8.66. The van der Waals surface area contributed by atoms with Gasteiger partial charge in [-0.3, -0.25) is 4.79 Å². The predicted octanol–water partition coefficient (Wildman–Crippen LogP) is 6.58. The van der Waals surface area contributed by atoms with E-state index in [0.717, 1.165) is 35.7 Å². The van der Waals surface area contributed by atoms with E-state index in [0.29, 0.717) is 59.7 Å². The van der Waals surface area contributed by atoms with Gasteiger partial charge in [-0.15, -0.1) is 0 Å². The summed E-state index contributed by atoms with van der Waals surface area (Å²) in [7, 11) is -3.47. The van der Waals surface area contributed by atoms with Crippen molar-refractivity contribution in [2.75, 3.05) is 49.3 Å². The normalized spacial score (nSPS) is 14.0. The van der Waals surface area contributed by atoms with E-state index in [1.807, 2.05) is 42.5 Å². The number of carbonyl (C=O) groups is 1. The van der Waals surface area contributed by atoms with E-state index in [4.69, 9.17) is 27.9 Å². The molecule has 1 amide bonds. The fraction of sp³-hybridized carbons (Fsp3) is 0.321. The zero-order chi connectivity index (χ0) is 27.3. The molecule has 0 spiro atoms. The number of unbranched alkanes of at least 4 members (excludes halogenated alkanes) is 1. The zero-order valence-electron chi connectivity index (χ0n) is 21.0. The number of rotatable bonds is 9. The van der Waals surface area contributed by atoms with Crippen LogP contribution in [0.5, 0.6) is 5.75 Å². The molecule has 0 radical (unpaired) electrons. The van der Waals surface area contributed by atoms with Gasteiger partial charge in [-0.05, 0) is 48.2 Å². The molecule has 38 heavy (non-hydrogen) atoms. The Morgan fingerprint density at radius 3 is 2.21 bits per heavy atom. The van der Waals surface area contributed by atoms with E-state index in [9.17, 15) is 13.2 Å². The summed E-state index contributed by atoms with van der Waals surface area (Å²) < 4.78 is 30.3. The summed E-state index contributed by atoms with van der Waals surface area (Å²) in [4.78, 5) is 17.7. The van der Waals surface area contributed by atoms with Crippen molar-refractivity contribution in [2.45, 2.75) is 17.7 Å². The summed E-state index contributed by atoms with van der Waals surface area (Å²) in [5.41, 5.74) is 2.80. The number of hydrogen-bond donors (Lipinski definition) is 0. The van der Waals surface area contributed by atoms with Gasteiger partial charge in [0.05, 0.1) is 21.5 Å². The summed E-state index contributed by atoms with van der Waals surface area (Å²) >= 11 is 16.4. The third-order valence-electron chi connectivity index (χ3n) is 6.42. The number of halogens is 3. The topological polar surface area (TPSA) is 66.9 Å². The van der Waals surface area contributed by atoms with Crippen molar-refractivity contribution < 1.29 is 17.9 Å². The van der Waals surface area contributed by atoms with Crippen molar-refractivity contribution in [3.8, 4) is 16.9 Å². The van der Waals surface area contributed by atoms with Crippen LogP contribution in [0.1, 0.15) is 23.2 Å². The molecule has 0 unspecified atom stereocenters. The van der Waals surface area contributed by atoms with Crippen LogP contribution in [0.25, 0.3) is 11.1 Å². The van der Waals surface area contributed by atoms with Gasteiger partial charge < -0.3 is 14.5 Å². The second kappa shape index (κ2) is 12.7. The summed E-state index contributed by atoms with van der Waals surface area (Å²) in [5, 5.41) is 1.83. The van der Waals surface area contributed by atoms with E-state index in [2.05, 4.69) is 20.8 Å². The number of benzene rings is 3. The summed E-state index contributed by atoms with van der Waals surface area (Å²) in [6.07, 6.45) is 3.05. The monoisotopic (exact) mass is 638 g/mol. The van der Waals surface area contributed by atoms with E-state index in [-0.39, 0.29) is 10.8 Å². The second-order valence-electron chi connectivity index (χ2n) is 9.11. The molecule has 0 bridgehead atoms. The highest BCUT2D eigenvalue weighted by Crippen LogP contribution is 2.38. The van der Waals surface area contributed by atoms with Gasteiger partial charge in [0.2, 0.25) is 0 Å². The first-order valence-corrected chi connectivity index (χ1v) is 16.1. The molecular formula is C28H29BrCl2N2O4S. The lowest BCUT2D eigenvalue weighted by Crippen LogP contribution is -2.49. The molecule has 0 N–H and O–H groups in total. The van der Waals surface area contributed by atoms with Crippen molar-refractivity contribution in [1.29, 1.82) is 0 Å². The molecule has 0 atom stereocenters. The van der Waals surface area contributed by atoms with Gasteiger partial charge in [0.25, 0.3) is 5.91 Å². The van der Waals surface area contributed by atoms with Crippen LogP contribution in [0.15, 0.2) is 65.6 Å². The first-order valence-electron chi connectivity index (χ1n) is 12.3. The Balaban J connectivity index is 1.50. The zero-order valence-corrected chi connectivity index (χ0v) is 24.9. The minimum absolute atomic E-state index is 0.123. The van der Waals surface area contributed by atoms with Crippen LogP contribution in [0.4, 0.5) is 5.69 Å². The van der Waals surface area contributed by atoms with Gasteiger partial charge in [-0.25, -0.2) is 8.42 Å². The Labute approximate surface area is 242 Å². The predicted molar refractivity (Wildman–Crippen MR) is 158 cm³/mol. The Morgan fingerprint density at radius 2 is 1.61 bits per heavy atom. The van der Waals surface area contributed by atoms with Gasteiger partial charge in [0.15, 0.2) is 15.6 Å². The summed E-state index contributed by atoms with van der Waals surface area (Å²) in [5.74, 6) is 0.289. The minimum Gasteiger partial charge on any atom is -0.490 e. The largest absolute Gasteiger partial charge is 0.490 e. The summed E-state index contributed by atoms with van der Waals surface area (Å²) in [6.45, 7) is 2.63. The average molecular weight is 640 g/mol. The maximum absolute atomic E-state index is 13.7. The van der Waals surface area contributed by atoms with Crippen molar-refractivity contribution in [2.24, 2.45) is 0 Å². The molecule has 10 heteroatoms. The van der Waals surface area contributed by atoms with Crippen LogP contribution in [0, 0.1) is 0 Å². The van der Waals surface area contributed by atoms with E-state index >= 15 is 0 Å². The van der Waals surface area contributed by atoms with Crippen LogP contribution in [-0.2, 0) is 9.84 Å². The quantitative estimate of drug-likeness (QED) is 0.195. The molecule has 1 heterocycles. The van der Waals surface area contributed by atoms with E-state index in [1.54, 1.807) is 17.0 Å². The number of hydrogen-bond acceptors (Lipinski definition) is 5. The molecule has 4 rings (SSSR count). The van der Waals surface area contributed by atoms with Crippen molar-refractivity contribution in [3.05, 3.63) is 76.3 Å². The lowest BCUT2D eigenvalue weighted by Gasteiger charge is -2.36. The lowest BCUT2D eigenvalue weighted by molar-refractivity contribution is 0.0747. The smallest absolute Gasteiger partial charge is 0.254 e. The highest BCUT2D eigenvalue weighted by Gasteiger charge is 2.26. The molecule has 1 saturated heterocycles. The maximum Gasteiger partial charge on any atom is 0.254 e. The lowest BCUT2D eigenvalue weighted by atomic mass is 9.98. The first kappa shape index (κ1) is 28.7. The fourth-order valence-corrected chi connectivity index (χ4v) is 6.00. The molecule has 0 saturated carbocycles. The molecule has 3 aromatic carbocycles. The number of alkyl halides is 1. The number of sulfone groups is 1. The molecule has 1 aliphatic rings. The van der Waals surface area contributed by atoms with Crippen LogP contribution >= 0.6 is 39.1 Å². The Bertz CT molecular complexity index is 1370. The number of piperazine rings is 1. The van der Waals surface area contributed by atoms with Crippen LogP contribution in [-0.4, -0.2) is 63.6 Å². The highest BCUT2D eigenvalue weighted by atomic mass is 79.9. The second-order valence-corrected chi connectivity index (χ2v) is 12.7. The van der Waals surface area contributed by atoms with Crippen molar-refractivity contribution >= 4 is 60.6 Å². The number of amides is 1. The Morgan fingerprint density at radius 1 is 0.947 bits per heavy atom. The molecule has 1 aliphatic heterocycles. The minimum atomic E-state index is -3.47. The fourth-order valence-electron chi connectivity index (χ4n) is 4.38. The molecule has 1 fully saturated rings. The van der Waals surface area contributed by atoms with Crippen molar-refractivity contribution in [1.82, 2.24) is 4.90 Å². The third kappa shape index (κ3) is 6.84. The first-order chi connectivity index (χ1) is 18.2. The Kier molecular flexibility index (Phi) is 9.63. The van der Waals surface area contributed by atoms with E-state index < -0.39 is 9.84 Å².